The summed E-state index contributed by atoms with van der Waals surface area (Å²) < 4.78 is 96.6. The SMILES string of the molecule is CCCC(F)(F)C(F)(F)[C@H](F)C(F)(F)F. The molecule has 0 unspecified atom stereocenters. The summed E-state index contributed by atoms with van der Waals surface area (Å²) in [6.45, 7) is 1.07. The molecule has 0 aromatic carbocycles. The van der Waals surface area contributed by atoms with E-state index in [0.717, 1.165) is 6.92 Å². The predicted molar refractivity (Wildman–Crippen MR) is 35.8 cm³/mol. The molecule has 0 aliphatic rings. The van der Waals surface area contributed by atoms with Gasteiger partial charge in [0, 0.05) is 6.42 Å². The van der Waals surface area contributed by atoms with Gasteiger partial charge < -0.3 is 0 Å². The molecule has 0 heterocycles. The third kappa shape index (κ3) is 2.94. The molecular weight excluding hydrogens is 236 g/mol. The van der Waals surface area contributed by atoms with Gasteiger partial charge in [-0.1, -0.05) is 13.3 Å². The molecule has 0 aromatic rings. The molecule has 0 spiro atoms. The van der Waals surface area contributed by atoms with Gasteiger partial charge in [-0.15, -0.1) is 0 Å². The number of hydrogen-bond acceptors (Lipinski definition) is 0. The lowest BCUT2D eigenvalue weighted by Gasteiger charge is -2.29. The van der Waals surface area contributed by atoms with Crippen molar-refractivity contribution in [3.05, 3.63) is 0 Å². The van der Waals surface area contributed by atoms with E-state index in [1.807, 2.05) is 0 Å². The largest absolute Gasteiger partial charge is 0.425 e. The zero-order chi connectivity index (χ0) is 12.5. The molecule has 1 atom stereocenters. The van der Waals surface area contributed by atoms with E-state index in [0.29, 0.717) is 0 Å². The summed E-state index contributed by atoms with van der Waals surface area (Å²) in [4.78, 5) is 0. The van der Waals surface area contributed by atoms with Crippen LogP contribution in [0.5, 0.6) is 0 Å². The minimum Gasteiger partial charge on any atom is -0.230 e. The molecule has 0 nitrogen and oxygen atoms in total. The second-order valence-electron chi connectivity index (χ2n) is 2.98. The van der Waals surface area contributed by atoms with Crippen LogP contribution < -0.4 is 0 Å². The van der Waals surface area contributed by atoms with Crippen molar-refractivity contribution in [2.24, 2.45) is 0 Å². The summed E-state index contributed by atoms with van der Waals surface area (Å²) in [6.07, 6.45) is -12.8. The number of alkyl halides is 8. The molecular formula is C7H8F8. The molecule has 0 saturated carbocycles. The van der Waals surface area contributed by atoms with Crippen molar-refractivity contribution in [2.45, 2.75) is 44.0 Å². The minimum atomic E-state index is -6.00. The van der Waals surface area contributed by atoms with Gasteiger partial charge >= 0.3 is 18.0 Å². The van der Waals surface area contributed by atoms with Gasteiger partial charge in [-0.05, 0) is 0 Å². The fraction of sp³-hybridized carbons (Fsp3) is 1.00. The molecule has 0 aliphatic heterocycles. The van der Waals surface area contributed by atoms with Gasteiger partial charge in [-0.3, -0.25) is 0 Å². The zero-order valence-corrected chi connectivity index (χ0v) is 7.52. The third-order valence-electron chi connectivity index (χ3n) is 1.66. The quantitative estimate of drug-likeness (QED) is 0.656. The van der Waals surface area contributed by atoms with Crippen LogP contribution in [0.1, 0.15) is 19.8 Å². The molecule has 0 saturated heterocycles. The summed E-state index contributed by atoms with van der Waals surface area (Å²) in [5.41, 5.74) is 0. The van der Waals surface area contributed by atoms with E-state index in [4.69, 9.17) is 0 Å². The first kappa shape index (κ1) is 14.4. The number of rotatable bonds is 4. The summed E-state index contributed by atoms with van der Waals surface area (Å²) in [7, 11) is 0. The van der Waals surface area contributed by atoms with Crippen molar-refractivity contribution in [1.29, 1.82) is 0 Å². The second kappa shape index (κ2) is 4.13. The third-order valence-corrected chi connectivity index (χ3v) is 1.66. The highest BCUT2D eigenvalue weighted by Crippen LogP contribution is 2.46. The van der Waals surface area contributed by atoms with Crippen molar-refractivity contribution in [1.82, 2.24) is 0 Å². The van der Waals surface area contributed by atoms with E-state index in [1.54, 1.807) is 0 Å². The highest BCUT2D eigenvalue weighted by Gasteiger charge is 2.68. The Morgan fingerprint density at radius 2 is 1.33 bits per heavy atom. The van der Waals surface area contributed by atoms with Crippen molar-refractivity contribution >= 4 is 0 Å². The average molecular weight is 244 g/mol. The molecule has 0 radical (unpaired) electrons. The maximum Gasteiger partial charge on any atom is 0.425 e. The molecule has 0 N–H and O–H groups in total. The maximum absolute atomic E-state index is 12.5. The highest BCUT2D eigenvalue weighted by molar-refractivity contribution is 4.94. The summed E-state index contributed by atoms with van der Waals surface area (Å²) in [5.74, 6) is -10.7. The van der Waals surface area contributed by atoms with Gasteiger partial charge in [0.25, 0.3) is 6.17 Å². The molecule has 0 rings (SSSR count). The molecule has 0 aliphatic carbocycles. The van der Waals surface area contributed by atoms with Crippen LogP contribution in [0.4, 0.5) is 35.1 Å². The van der Waals surface area contributed by atoms with Crippen LogP contribution in [0.3, 0.4) is 0 Å². The second-order valence-corrected chi connectivity index (χ2v) is 2.98. The number of hydrogen-bond donors (Lipinski definition) is 0. The molecule has 0 bridgehead atoms. The van der Waals surface area contributed by atoms with Crippen LogP contribution >= 0.6 is 0 Å². The summed E-state index contributed by atoms with van der Waals surface area (Å²) in [6, 6.07) is 0. The normalized spacial score (nSPS) is 16.6. The van der Waals surface area contributed by atoms with E-state index in [9.17, 15) is 35.1 Å². The average Bonchev–Trinajstić information content (AvgIpc) is 2.00. The predicted octanol–water partition coefficient (Wildman–Crippen LogP) is 3.96. The molecule has 8 heteroatoms. The smallest absolute Gasteiger partial charge is 0.230 e. The van der Waals surface area contributed by atoms with Crippen LogP contribution in [0.2, 0.25) is 0 Å². The van der Waals surface area contributed by atoms with Crippen LogP contribution in [0.25, 0.3) is 0 Å². The van der Waals surface area contributed by atoms with Crippen LogP contribution in [-0.4, -0.2) is 24.2 Å². The van der Waals surface area contributed by atoms with Crippen molar-refractivity contribution in [3.8, 4) is 0 Å². The summed E-state index contributed by atoms with van der Waals surface area (Å²) in [5, 5.41) is 0. The van der Waals surface area contributed by atoms with Gasteiger partial charge in [0.1, 0.15) is 0 Å². The van der Waals surface area contributed by atoms with E-state index in [-0.39, 0.29) is 0 Å². The molecule has 0 amide bonds. The van der Waals surface area contributed by atoms with Crippen molar-refractivity contribution in [2.75, 3.05) is 0 Å². The van der Waals surface area contributed by atoms with Gasteiger partial charge in [0.15, 0.2) is 0 Å². The lowest BCUT2D eigenvalue weighted by atomic mass is 10.0. The van der Waals surface area contributed by atoms with E-state index < -0.39 is 37.0 Å². The summed E-state index contributed by atoms with van der Waals surface area (Å²) >= 11 is 0. The molecule has 15 heavy (non-hydrogen) atoms. The Hall–Kier alpha value is -0.560. The Morgan fingerprint density at radius 3 is 1.60 bits per heavy atom. The Morgan fingerprint density at radius 1 is 0.933 bits per heavy atom. The lowest BCUT2D eigenvalue weighted by Crippen LogP contribution is -2.53. The Kier molecular flexibility index (Phi) is 3.98. The molecule has 0 fully saturated rings. The monoisotopic (exact) mass is 244 g/mol. The van der Waals surface area contributed by atoms with Crippen LogP contribution in [0, 0.1) is 0 Å². The molecule has 92 valence electrons. The van der Waals surface area contributed by atoms with E-state index >= 15 is 0 Å². The van der Waals surface area contributed by atoms with Gasteiger partial charge in [-0.2, -0.15) is 30.7 Å². The fourth-order valence-electron chi connectivity index (χ4n) is 0.872. The first-order chi connectivity index (χ1) is 6.47. The van der Waals surface area contributed by atoms with Crippen LogP contribution in [-0.2, 0) is 0 Å². The zero-order valence-electron chi connectivity index (χ0n) is 7.52. The Labute approximate surface area is 80.3 Å². The number of halogens is 8. The van der Waals surface area contributed by atoms with Crippen molar-refractivity contribution < 1.29 is 35.1 Å². The Bertz CT molecular complexity index is 206. The Balaban J connectivity index is 4.95. The first-order valence-corrected chi connectivity index (χ1v) is 3.93. The van der Waals surface area contributed by atoms with Gasteiger partial charge in [0.05, 0.1) is 0 Å². The maximum atomic E-state index is 12.5. The first-order valence-electron chi connectivity index (χ1n) is 3.93. The molecule has 0 aromatic heterocycles. The standard InChI is InChI=1S/C7H8F8/c1-2-3-5(9,10)6(11,12)4(8)7(13,14)15/h4H,2-3H2,1H3/t4-/m0/s1. The van der Waals surface area contributed by atoms with Gasteiger partial charge in [0.2, 0.25) is 0 Å². The van der Waals surface area contributed by atoms with E-state index in [2.05, 4.69) is 0 Å². The van der Waals surface area contributed by atoms with Gasteiger partial charge in [-0.25, -0.2) is 4.39 Å². The minimum absolute atomic E-state index is 0.479. The topological polar surface area (TPSA) is 0 Å². The highest BCUT2D eigenvalue weighted by atomic mass is 19.4. The lowest BCUT2D eigenvalue weighted by molar-refractivity contribution is -0.307. The van der Waals surface area contributed by atoms with E-state index in [1.165, 1.54) is 0 Å². The fourth-order valence-corrected chi connectivity index (χ4v) is 0.872. The van der Waals surface area contributed by atoms with Crippen LogP contribution in [0.15, 0.2) is 0 Å². The van der Waals surface area contributed by atoms with Crippen molar-refractivity contribution in [3.63, 3.8) is 0 Å².